The molecule has 1 heterocycles. The van der Waals surface area contributed by atoms with Gasteiger partial charge in [-0.3, -0.25) is 4.79 Å². The lowest BCUT2D eigenvalue weighted by molar-refractivity contribution is -0.231. The quantitative estimate of drug-likeness (QED) is 0.557. The molecule has 0 bridgehead atoms. The zero-order valence-electron chi connectivity index (χ0n) is 15.8. The largest absolute Gasteiger partial charge is 0.454 e. The van der Waals surface area contributed by atoms with Gasteiger partial charge in [-0.25, -0.2) is 4.79 Å². The summed E-state index contributed by atoms with van der Waals surface area (Å²) in [6, 6.07) is 0. The van der Waals surface area contributed by atoms with E-state index < -0.39 is 46.6 Å². The molecule has 26 heavy (non-hydrogen) atoms. The number of carbonyl (C=O) groups excluding carboxylic acids is 2. The smallest absolute Gasteiger partial charge is 0.334 e. The Kier molecular flexibility index (Phi) is 3.61. The number of aliphatic hydroxyl groups is 3. The van der Waals surface area contributed by atoms with Gasteiger partial charge in [0.15, 0.2) is 0 Å². The van der Waals surface area contributed by atoms with Gasteiger partial charge in [0, 0.05) is 28.9 Å². The van der Waals surface area contributed by atoms with Crippen molar-refractivity contribution < 1.29 is 29.6 Å². The number of rotatable bonds is 0. The van der Waals surface area contributed by atoms with Crippen molar-refractivity contribution in [2.75, 3.05) is 0 Å². The SMILES string of the molecule is CC1=C2[C@@H](C[C@@H]3[C@@](O)(CC[C@@H]4C(C)(C)[C@@H](O)CC(=O)[C@]43C)[C@H]2O)OC1=O. The fraction of sp³-hybridized carbons (Fsp3) is 0.800. The number of esters is 1. The average molecular weight is 364 g/mol. The Labute approximate surface area is 153 Å². The van der Waals surface area contributed by atoms with Crippen molar-refractivity contribution in [3.63, 3.8) is 0 Å². The van der Waals surface area contributed by atoms with E-state index in [1.54, 1.807) is 6.92 Å². The topological polar surface area (TPSA) is 104 Å². The highest BCUT2D eigenvalue weighted by molar-refractivity contribution is 5.92. The highest BCUT2D eigenvalue weighted by Crippen LogP contribution is 2.64. The maximum absolute atomic E-state index is 13.1. The highest BCUT2D eigenvalue weighted by atomic mass is 16.5. The molecule has 0 radical (unpaired) electrons. The summed E-state index contributed by atoms with van der Waals surface area (Å²) in [6.45, 7) is 7.43. The summed E-state index contributed by atoms with van der Waals surface area (Å²) < 4.78 is 5.43. The van der Waals surface area contributed by atoms with Gasteiger partial charge in [0.25, 0.3) is 0 Å². The summed E-state index contributed by atoms with van der Waals surface area (Å²) in [7, 11) is 0. The number of fused-ring (bicyclic) bond motifs is 4. The maximum Gasteiger partial charge on any atom is 0.334 e. The molecule has 7 atom stereocenters. The van der Waals surface area contributed by atoms with Crippen molar-refractivity contribution >= 4 is 11.8 Å². The van der Waals surface area contributed by atoms with Crippen molar-refractivity contribution in [3.05, 3.63) is 11.1 Å². The van der Waals surface area contributed by atoms with Crippen LogP contribution >= 0.6 is 0 Å². The van der Waals surface area contributed by atoms with Crippen LogP contribution < -0.4 is 0 Å². The van der Waals surface area contributed by atoms with E-state index in [4.69, 9.17) is 4.74 Å². The van der Waals surface area contributed by atoms with Crippen molar-refractivity contribution in [1.29, 1.82) is 0 Å². The lowest BCUT2D eigenvalue weighted by atomic mass is 9.42. The second-order valence-electron chi connectivity index (χ2n) is 9.49. The molecule has 4 aliphatic rings. The third-order valence-corrected chi connectivity index (χ3v) is 8.17. The predicted octanol–water partition coefficient (Wildman–Crippen LogP) is 1.12. The van der Waals surface area contributed by atoms with Gasteiger partial charge in [0.05, 0.1) is 11.7 Å². The average Bonchev–Trinajstić information content (AvgIpc) is 2.83. The Morgan fingerprint density at radius 2 is 1.77 bits per heavy atom. The van der Waals surface area contributed by atoms with Crippen LogP contribution in [0.5, 0.6) is 0 Å². The van der Waals surface area contributed by atoms with E-state index in [9.17, 15) is 24.9 Å². The fourth-order valence-corrected chi connectivity index (χ4v) is 6.49. The van der Waals surface area contributed by atoms with Crippen LogP contribution in [0.15, 0.2) is 11.1 Å². The summed E-state index contributed by atoms with van der Waals surface area (Å²) in [5.74, 6) is -1.15. The summed E-state index contributed by atoms with van der Waals surface area (Å²) in [6.07, 6.45) is -1.25. The first-order chi connectivity index (χ1) is 12.0. The molecule has 0 unspecified atom stereocenters. The van der Waals surface area contributed by atoms with Crippen LogP contribution in [0.1, 0.15) is 53.4 Å². The van der Waals surface area contributed by atoms with E-state index in [-0.39, 0.29) is 18.1 Å². The summed E-state index contributed by atoms with van der Waals surface area (Å²) in [4.78, 5) is 25.1. The first-order valence-electron chi connectivity index (χ1n) is 9.49. The van der Waals surface area contributed by atoms with Crippen LogP contribution in [0.4, 0.5) is 0 Å². The van der Waals surface area contributed by atoms with E-state index in [1.165, 1.54) is 0 Å². The lowest BCUT2D eigenvalue weighted by Crippen LogP contribution is -2.70. The van der Waals surface area contributed by atoms with E-state index >= 15 is 0 Å². The standard InChI is InChI=1S/C20H28O6/c1-9-15-10(26-17(9)24)7-12-19(4)11(5-6-20(12,25)16(15)23)18(2,3)13(21)8-14(19)22/h10-13,16,21,23,25H,5-8H2,1-4H3/t10-,11-,12+,13+,16+,19-,20+/m1/s1. The molecule has 6 nitrogen and oxygen atoms in total. The van der Waals surface area contributed by atoms with E-state index in [0.717, 1.165) is 0 Å². The summed E-state index contributed by atoms with van der Waals surface area (Å²) >= 11 is 0. The van der Waals surface area contributed by atoms with Gasteiger partial charge in [-0.15, -0.1) is 0 Å². The Hall–Kier alpha value is -1.24. The molecule has 4 rings (SSSR count). The summed E-state index contributed by atoms with van der Waals surface area (Å²) in [5.41, 5.74) is -1.95. The lowest BCUT2D eigenvalue weighted by Gasteiger charge is -2.64. The molecule has 3 fully saturated rings. The molecular weight excluding hydrogens is 336 g/mol. The monoisotopic (exact) mass is 364 g/mol. The second kappa shape index (κ2) is 5.18. The number of aliphatic hydroxyl groups excluding tert-OH is 2. The Bertz CT molecular complexity index is 724. The maximum atomic E-state index is 13.1. The van der Waals surface area contributed by atoms with Gasteiger partial charge in [-0.05, 0) is 37.5 Å². The molecule has 144 valence electrons. The molecule has 3 aliphatic carbocycles. The number of hydrogen-bond donors (Lipinski definition) is 3. The van der Waals surface area contributed by atoms with Crippen LogP contribution in [0, 0.1) is 22.7 Å². The third-order valence-electron chi connectivity index (χ3n) is 8.17. The number of carbonyl (C=O) groups is 2. The zero-order valence-corrected chi connectivity index (χ0v) is 15.8. The van der Waals surface area contributed by atoms with Crippen molar-refractivity contribution in [2.24, 2.45) is 22.7 Å². The van der Waals surface area contributed by atoms with Crippen LogP contribution in [0.25, 0.3) is 0 Å². The first-order valence-corrected chi connectivity index (χ1v) is 9.49. The Morgan fingerprint density at radius 1 is 1.12 bits per heavy atom. The molecule has 0 saturated heterocycles. The molecule has 0 amide bonds. The summed E-state index contributed by atoms with van der Waals surface area (Å²) in [5, 5.41) is 33.0. The first kappa shape index (κ1) is 18.1. The molecule has 0 aromatic carbocycles. The van der Waals surface area contributed by atoms with Gasteiger partial charge < -0.3 is 20.1 Å². The molecule has 3 N–H and O–H groups in total. The highest BCUT2D eigenvalue weighted by Gasteiger charge is 2.69. The Morgan fingerprint density at radius 3 is 2.42 bits per heavy atom. The van der Waals surface area contributed by atoms with Crippen molar-refractivity contribution in [1.82, 2.24) is 0 Å². The molecule has 3 saturated carbocycles. The number of Topliss-reactive ketones (excluding diaryl/α,β-unsaturated/α-hetero) is 1. The third kappa shape index (κ3) is 1.93. The molecular formula is C20H28O6. The molecule has 0 aromatic heterocycles. The molecule has 6 heteroatoms. The minimum absolute atomic E-state index is 0.0505. The minimum atomic E-state index is -1.46. The minimum Gasteiger partial charge on any atom is -0.454 e. The molecule has 1 aliphatic heterocycles. The van der Waals surface area contributed by atoms with Crippen molar-refractivity contribution in [3.8, 4) is 0 Å². The van der Waals surface area contributed by atoms with Gasteiger partial charge in [0.1, 0.15) is 18.0 Å². The van der Waals surface area contributed by atoms with Crippen LogP contribution in [0.3, 0.4) is 0 Å². The Balaban J connectivity index is 1.83. The molecule has 0 aromatic rings. The van der Waals surface area contributed by atoms with Crippen LogP contribution in [0.2, 0.25) is 0 Å². The number of ketones is 1. The normalized spacial score (nSPS) is 50.0. The molecule has 0 spiro atoms. The van der Waals surface area contributed by atoms with E-state index in [1.807, 2.05) is 20.8 Å². The van der Waals surface area contributed by atoms with Crippen LogP contribution in [-0.4, -0.2) is 51.0 Å². The van der Waals surface area contributed by atoms with E-state index in [0.29, 0.717) is 30.4 Å². The second-order valence-corrected chi connectivity index (χ2v) is 9.49. The van der Waals surface area contributed by atoms with Crippen molar-refractivity contribution in [2.45, 2.75) is 77.3 Å². The van der Waals surface area contributed by atoms with Gasteiger partial charge in [-0.1, -0.05) is 20.8 Å². The van der Waals surface area contributed by atoms with Gasteiger partial charge in [-0.2, -0.15) is 0 Å². The van der Waals surface area contributed by atoms with Gasteiger partial charge >= 0.3 is 5.97 Å². The zero-order chi connectivity index (χ0) is 19.2. The predicted molar refractivity (Wildman–Crippen MR) is 91.9 cm³/mol. The van der Waals surface area contributed by atoms with Crippen LogP contribution in [-0.2, 0) is 14.3 Å². The fourth-order valence-electron chi connectivity index (χ4n) is 6.49. The number of hydrogen-bond acceptors (Lipinski definition) is 6. The van der Waals surface area contributed by atoms with Gasteiger partial charge in [0.2, 0.25) is 0 Å². The van der Waals surface area contributed by atoms with E-state index in [2.05, 4.69) is 0 Å². The number of ether oxygens (including phenoxy) is 1.